The van der Waals surface area contributed by atoms with E-state index in [2.05, 4.69) is 24.3 Å². The van der Waals surface area contributed by atoms with E-state index in [4.69, 9.17) is 0 Å². The van der Waals surface area contributed by atoms with E-state index < -0.39 is 11.1 Å². The van der Waals surface area contributed by atoms with Crippen LogP contribution < -0.4 is 10.9 Å². The van der Waals surface area contributed by atoms with Crippen molar-refractivity contribution >= 4 is 11.6 Å². The Kier molecular flexibility index (Phi) is 5.64. The number of aromatic nitrogens is 2. The van der Waals surface area contributed by atoms with Gasteiger partial charge in [0.1, 0.15) is 11.4 Å². The van der Waals surface area contributed by atoms with Crippen molar-refractivity contribution in [2.24, 2.45) is 0 Å². The van der Waals surface area contributed by atoms with E-state index in [1.807, 2.05) is 24.3 Å². The van der Waals surface area contributed by atoms with Crippen LogP contribution in [0.2, 0.25) is 0 Å². The molecule has 0 radical (unpaired) electrons. The average molecular weight is 393 g/mol. The van der Waals surface area contributed by atoms with Gasteiger partial charge >= 0.3 is 0 Å². The second-order valence-electron chi connectivity index (χ2n) is 7.77. The number of hydrogen-bond acceptors (Lipinski definition) is 3. The van der Waals surface area contributed by atoms with Crippen LogP contribution in [-0.2, 0) is 10.3 Å². The Morgan fingerprint density at radius 3 is 2.21 bits per heavy atom. The molecule has 1 N–H and O–H groups in total. The molecule has 3 rings (SSSR count). The molecule has 2 aromatic carbocycles. The molecule has 1 heterocycles. The fourth-order valence-corrected chi connectivity index (χ4v) is 2.92. The summed E-state index contributed by atoms with van der Waals surface area (Å²) in [5, 5.41) is 7.22. The summed E-state index contributed by atoms with van der Waals surface area (Å²) in [7, 11) is 0. The van der Waals surface area contributed by atoms with Crippen molar-refractivity contribution in [2.75, 3.05) is 5.32 Å². The topological polar surface area (TPSA) is 64.0 Å². The number of carbonyl (C=O) groups is 1. The van der Waals surface area contributed by atoms with Gasteiger partial charge in [-0.25, -0.2) is 9.07 Å². The van der Waals surface area contributed by atoms with Crippen LogP contribution in [0.25, 0.3) is 11.3 Å². The molecule has 0 unspecified atom stereocenters. The van der Waals surface area contributed by atoms with Gasteiger partial charge in [0.05, 0.1) is 5.69 Å². The van der Waals surface area contributed by atoms with Crippen LogP contribution in [0.4, 0.5) is 10.1 Å². The van der Waals surface area contributed by atoms with E-state index in [-0.39, 0.29) is 11.7 Å². The molecule has 0 aliphatic carbocycles. The van der Waals surface area contributed by atoms with Gasteiger partial charge in [-0.15, -0.1) is 0 Å². The van der Waals surface area contributed by atoms with Gasteiger partial charge in [-0.2, -0.15) is 5.10 Å². The van der Waals surface area contributed by atoms with Crippen LogP contribution in [0.5, 0.6) is 0 Å². The summed E-state index contributed by atoms with van der Waals surface area (Å²) in [4.78, 5) is 25.4. The van der Waals surface area contributed by atoms with Crippen LogP contribution in [0.3, 0.4) is 0 Å². The van der Waals surface area contributed by atoms with E-state index in [0.717, 1.165) is 4.68 Å². The monoisotopic (exact) mass is 393 g/mol. The molecule has 0 spiro atoms. The van der Waals surface area contributed by atoms with E-state index in [0.29, 0.717) is 22.9 Å². The molecule has 0 aliphatic heterocycles. The summed E-state index contributed by atoms with van der Waals surface area (Å²) in [5.74, 6) is -0.320. The molecule has 0 saturated carbocycles. The predicted octanol–water partition coefficient (Wildman–Crippen LogP) is 4.55. The third-order valence-corrected chi connectivity index (χ3v) is 4.86. The first kappa shape index (κ1) is 20.5. The third-order valence-electron chi connectivity index (χ3n) is 4.86. The Morgan fingerprint density at radius 1 is 1.00 bits per heavy atom. The van der Waals surface area contributed by atoms with E-state index in [1.54, 1.807) is 32.0 Å². The fourth-order valence-electron chi connectivity index (χ4n) is 2.92. The lowest BCUT2D eigenvalue weighted by Gasteiger charge is -2.25. The first-order chi connectivity index (χ1) is 13.7. The Hall–Kier alpha value is -3.28. The summed E-state index contributed by atoms with van der Waals surface area (Å²) in [6, 6.07) is 16.3. The maximum atomic E-state index is 13.2. The highest BCUT2D eigenvalue weighted by Gasteiger charge is 2.32. The molecule has 1 aromatic heterocycles. The normalized spacial score (nSPS) is 11.5. The zero-order valence-electron chi connectivity index (χ0n) is 16.9. The molecule has 1 amide bonds. The molecule has 0 bridgehead atoms. The Bertz CT molecular complexity index is 1070. The highest BCUT2D eigenvalue weighted by molar-refractivity contribution is 5.96. The van der Waals surface area contributed by atoms with Crippen molar-refractivity contribution in [3.8, 4) is 11.3 Å². The summed E-state index contributed by atoms with van der Waals surface area (Å²) in [6.07, 6.45) is 0. The smallest absolute Gasteiger partial charge is 0.267 e. The first-order valence-corrected chi connectivity index (χ1v) is 9.46. The molecule has 150 valence electrons. The van der Waals surface area contributed by atoms with Crippen molar-refractivity contribution in [3.63, 3.8) is 0 Å². The minimum absolute atomic E-state index is 0.356. The zero-order chi connectivity index (χ0) is 21.2. The number of rotatable bonds is 5. The van der Waals surface area contributed by atoms with Gasteiger partial charge in [0.25, 0.3) is 11.5 Å². The Morgan fingerprint density at radius 2 is 1.62 bits per heavy atom. The van der Waals surface area contributed by atoms with Crippen LogP contribution in [0.1, 0.15) is 39.2 Å². The average Bonchev–Trinajstić information content (AvgIpc) is 2.69. The minimum atomic E-state index is -1.23. The molecule has 29 heavy (non-hydrogen) atoms. The first-order valence-electron chi connectivity index (χ1n) is 9.46. The largest absolute Gasteiger partial charge is 0.324 e. The van der Waals surface area contributed by atoms with Crippen molar-refractivity contribution in [3.05, 3.63) is 82.4 Å². The molecule has 0 fully saturated rings. The fraction of sp³-hybridized carbons (Fsp3) is 0.261. The Balaban J connectivity index is 1.89. The number of benzene rings is 2. The molecule has 3 aromatic rings. The summed E-state index contributed by atoms with van der Waals surface area (Å²) >= 11 is 0. The van der Waals surface area contributed by atoms with Gasteiger partial charge in [-0.1, -0.05) is 26.0 Å². The van der Waals surface area contributed by atoms with Crippen molar-refractivity contribution in [1.29, 1.82) is 0 Å². The summed E-state index contributed by atoms with van der Waals surface area (Å²) in [5.41, 5.74) is 1.32. The molecule has 6 heteroatoms. The second-order valence-corrected chi connectivity index (χ2v) is 7.77. The molecule has 0 atom stereocenters. The van der Waals surface area contributed by atoms with Gasteiger partial charge in [0.2, 0.25) is 0 Å². The summed E-state index contributed by atoms with van der Waals surface area (Å²) in [6.45, 7) is 7.47. The lowest BCUT2D eigenvalue weighted by atomic mass is 10.0. The number of anilines is 1. The SMILES string of the molecule is CC(C)c1ccc(NC(=O)C(C)(C)n2nc(-c3ccc(F)cc3)ccc2=O)cc1. The maximum absolute atomic E-state index is 13.2. The lowest BCUT2D eigenvalue weighted by Crippen LogP contribution is -2.47. The number of hydrogen-bond donors (Lipinski definition) is 1. The van der Waals surface area contributed by atoms with Crippen LogP contribution >= 0.6 is 0 Å². The molecular formula is C23H24FN3O2. The number of halogens is 1. The highest BCUT2D eigenvalue weighted by atomic mass is 19.1. The van der Waals surface area contributed by atoms with Gasteiger partial charge in [-0.3, -0.25) is 9.59 Å². The van der Waals surface area contributed by atoms with Gasteiger partial charge in [0.15, 0.2) is 0 Å². The minimum Gasteiger partial charge on any atom is -0.324 e. The number of amides is 1. The molecule has 5 nitrogen and oxygen atoms in total. The maximum Gasteiger partial charge on any atom is 0.267 e. The Labute approximate surface area is 169 Å². The van der Waals surface area contributed by atoms with Gasteiger partial charge in [0, 0.05) is 17.3 Å². The van der Waals surface area contributed by atoms with Crippen molar-refractivity contribution in [1.82, 2.24) is 9.78 Å². The van der Waals surface area contributed by atoms with E-state index in [1.165, 1.54) is 23.8 Å². The lowest BCUT2D eigenvalue weighted by molar-refractivity contribution is -0.123. The predicted molar refractivity (Wildman–Crippen MR) is 112 cm³/mol. The van der Waals surface area contributed by atoms with Crippen molar-refractivity contribution < 1.29 is 9.18 Å². The quantitative estimate of drug-likeness (QED) is 0.692. The molecule has 0 aliphatic rings. The van der Waals surface area contributed by atoms with Crippen LogP contribution in [0, 0.1) is 5.82 Å². The second kappa shape index (κ2) is 7.99. The van der Waals surface area contributed by atoms with Gasteiger partial charge in [-0.05, 0) is 67.8 Å². The summed E-state index contributed by atoms with van der Waals surface area (Å²) < 4.78 is 14.3. The zero-order valence-corrected chi connectivity index (χ0v) is 16.9. The van der Waals surface area contributed by atoms with Crippen LogP contribution in [-0.4, -0.2) is 15.7 Å². The molecule has 0 saturated heterocycles. The van der Waals surface area contributed by atoms with Gasteiger partial charge < -0.3 is 5.32 Å². The third kappa shape index (κ3) is 4.42. The number of carbonyl (C=O) groups excluding carboxylic acids is 1. The highest BCUT2D eigenvalue weighted by Crippen LogP contribution is 2.21. The van der Waals surface area contributed by atoms with E-state index >= 15 is 0 Å². The van der Waals surface area contributed by atoms with E-state index in [9.17, 15) is 14.0 Å². The number of nitrogens with one attached hydrogen (secondary N) is 1. The number of nitrogens with zero attached hydrogens (tertiary/aromatic N) is 2. The standard InChI is InChI=1S/C23H24FN3O2/c1-15(2)16-7-11-19(12-8-16)25-22(29)23(3,4)27-21(28)14-13-20(26-27)17-5-9-18(24)10-6-17/h5-15H,1-4H3,(H,25,29). The molecular weight excluding hydrogens is 369 g/mol. The van der Waals surface area contributed by atoms with Crippen molar-refractivity contribution in [2.45, 2.75) is 39.2 Å². The van der Waals surface area contributed by atoms with Crippen LogP contribution in [0.15, 0.2) is 65.5 Å².